The van der Waals surface area contributed by atoms with Crippen LogP contribution in [0.3, 0.4) is 0 Å². The minimum Gasteiger partial charge on any atom is -0.486 e. The van der Waals surface area contributed by atoms with Gasteiger partial charge in [-0.15, -0.1) is 0 Å². The molecule has 1 aliphatic rings. The molecule has 1 heterocycles. The molecule has 4 heteroatoms. The van der Waals surface area contributed by atoms with E-state index in [1.165, 1.54) is 0 Å². The highest BCUT2D eigenvalue weighted by atomic mass is 16.6. The minimum absolute atomic E-state index is 0.00645. The Kier molecular flexibility index (Phi) is 4.28. The lowest BCUT2D eigenvalue weighted by Crippen LogP contribution is -2.28. The highest BCUT2D eigenvalue weighted by molar-refractivity contribution is 5.79. The van der Waals surface area contributed by atoms with Crippen LogP contribution in [0.2, 0.25) is 0 Å². The summed E-state index contributed by atoms with van der Waals surface area (Å²) in [6, 6.07) is 15.6. The lowest BCUT2D eigenvalue weighted by atomic mass is 10.1. The summed E-state index contributed by atoms with van der Waals surface area (Å²) in [6.45, 7) is 3.10. The molecule has 0 aromatic heterocycles. The first-order valence-corrected chi connectivity index (χ1v) is 7.45. The van der Waals surface area contributed by atoms with E-state index < -0.39 is 0 Å². The molecule has 114 valence electrons. The summed E-state index contributed by atoms with van der Waals surface area (Å²) in [5, 5.41) is 3.01. The van der Waals surface area contributed by atoms with E-state index >= 15 is 0 Å². The monoisotopic (exact) mass is 297 g/mol. The molecule has 1 atom stereocenters. The molecule has 1 unspecified atom stereocenters. The highest BCUT2D eigenvalue weighted by Crippen LogP contribution is 2.30. The van der Waals surface area contributed by atoms with Crippen molar-refractivity contribution in [3.8, 4) is 11.5 Å². The van der Waals surface area contributed by atoms with E-state index in [1.54, 1.807) is 0 Å². The Labute approximate surface area is 130 Å². The zero-order valence-electron chi connectivity index (χ0n) is 12.5. The quantitative estimate of drug-likeness (QED) is 0.944. The van der Waals surface area contributed by atoms with Crippen molar-refractivity contribution in [2.45, 2.75) is 19.4 Å². The predicted molar refractivity (Wildman–Crippen MR) is 84.1 cm³/mol. The van der Waals surface area contributed by atoms with Gasteiger partial charge < -0.3 is 14.8 Å². The topological polar surface area (TPSA) is 47.6 Å². The Morgan fingerprint density at radius 1 is 1.09 bits per heavy atom. The van der Waals surface area contributed by atoms with Crippen LogP contribution in [0.5, 0.6) is 11.5 Å². The summed E-state index contributed by atoms with van der Waals surface area (Å²) in [5.74, 6) is 1.45. The molecular weight excluding hydrogens is 278 g/mol. The van der Waals surface area contributed by atoms with Gasteiger partial charge in [0.05, 0.1) is 12.5 Å². The van der Waals surface area contributed by atoms with Crippen LogP contribution in [0.4, 0.5) is 0 Å². The van der Waals surface area contributed by atoms with Crippen molar-refractivity contribution in [2.24, 2.45) is 0 Å². The third kappa shape index (κ3) is 3.39. The molecule has 2 aromatic carbocycles. The average Bonchev–Trinajstić information content (AvgIpc) is 2.55. The number of benzene rings is 2. The number of nitrogens with one attached hydrogen (secondary N) is 1. The van der Waals surface area contributed by atoms with E-state index in [9.17, 15) is 4.79 Å². The smallest absolute Gasteiger partial charge is 0.224 e. The molecule has 2 aromatic rings. The molecule has 0 fully saturated rings. The number of carbonyl (C=O) groups is 1. The third-order valence-corrected chi connectivity index (χ3v) is 3.65. The first kappa shape index (κ1) is 14.4. The molecule has 0 saturated heterocycles. The van der Waals surface area contributed by atoms with E-state index in [-0.39, 0.29) is 11.9 Å². The van der Waals surface area contributed by atoms with Gasteiger partial charge in [-0.25, -0.2) is 0 Å². The van der Waals surface area contributed by atoms with E-state index in [0.29, 0.717) is 25.4 Å². The highest BCUT2D eigenvalue weighted by Gasteiger charge is 2.14. The predicted octanol–water partition coefficient (Wildman–Crippen LogP) is 2.88. The molecule has 4 nitrogen and oxygen atoms in total. The summed E-state index contributed by atoms with van der Waals surface area (Å²) in [7, 11) is 0. The van der Waals surface area contributed by atoms with Crippen LogP contribution < -0.4 is 14.8 Å². The van der Waals surface area contributed by atoms with E-state index in [1.807, 2.05) is 55.5 Å². The first-order valence-electron chi connectivity index (χ1n) is 7.45. The Morgan fingerprint density at radius 3 is 2.59 bits per heavy atom. The van der Waals surface area contributed by atoms with Gasteiger partial charge in [-0.2, -0.15) is 0 Å². The SMILES string of the molecule is CC(NC(=O)Cc1ccc2c(c1)OCCO2)c1ccccc1. The average molecular weight is 297 g/mol. The van der Waals surface area contributed by atoms with Gasteiger partial charge in [0.1, 0.15) is 13.2 Å². The normalized spacial score (nSPS) is 14.2. The molecular formula is C18H19NO3. The fourth-order valence-electron chi connectivity index (χ4n) is 2.50. The van der Waals surface area contributed by atoms with E-state index in [2.05, 4.69) is 5.32 Å². The summed E-state index contributed by atoms with van der Waals surface area (Å²) in [5.41, 5.74) is 2.01. The van der Waals surface area contributed by atoms with Gasteiger partial charge in [-0.05, 0) is 30.2 Å². The zero-order chi connectivity index (χ0) is 15.4. The van der Waals surface area contributed by atoms with Crippen molar-refractivity contribution >= 4 is 5.91 Å². The number of hydrogen-bond donors (Lipinski definition) is 1. The van der Waals surface area contributed by atoms with E-state index in [0.717, 1.165) is 16.9 Å². The van der Waals surface area contributed by atoms with Crippen molar-refractivity contribution in [1.29, 1.82) is 0 Å². The summed E-state index contributed by atoms with van der Waals surface area (Å²) in [4.78, 5) is 12.2. The second-order valence-electron chi connectivity index (χ2n) is 5.35. The molecule has 0 aliphatic carbocycles. The largest absolute Gasteiger partial charge is 0.486 e. The van der Waals surface area contributed by atoms with E-state index in [4.69, 9.17) is 9.47 Å². The Hall–Kier alpha value is -2.49. The number of carbonyl (C=O) groups excluding carboxylic acids is 1. The van der Waals surface area contributed by atoms with Crippen LogP contribution in [0.15, 0.2) is 48.5 Å². The zero-order valence-corrected chi connectivity index (χ0v) is 12.5. The minimum atomic E-state index is -0.00842. The van der Waals surface area contributed by atoms with Gasteiger partial charge >= 0.3 is 0 Å². The molecule has 1 amide bonds. The van der Waals surface area contributed by atoms with Crippen LogP contribution in [0, 0.1) is 0 Å². The van der Waals surface area contributed by atoms with Crippen molar-refractivity contribution in [1.82, 2.24) is 5.32 Å². The summed E-state index contributed by atoms with van der Waals surface area (Å²) >= 11 is 0. The lowest BCUT2D eigenvalue weighted by molar-refractivity contribution is -0.121. The maximum Gasteiger partial charge on any atom is 0.224 e. The van der Waals surface area contributed by atoms with Crippen LogP contribution in [0.25, 0.3) is 0 Å². The second-order valence-corrected chi connectivity index (χ2v) is 5.35. The van der Waals surface area contributed by atoms with Gasteiger partial charge in [0, 0.05) is 0 Å². The maximum atomic E-state index is 12.2. The fraction of sp³-hybridized carbons (Fsp3) is 0.278. The molecule has 0 radical (unpaired) electrons. The fourth-order valence-corrected chi connectivity index (χ4v) is 2.50. The van der Waals surface area contributed by atoms with Gasteiger partial charge in [0.15, 0.2) is 11.5 Å². The lowest BCUT2D eigenvalue weighted by Gasteiger charge is -2.19. The van der Waals surface area contributed by atoms with Crippen molar-refractivity contribution < 1.29 is 14.3 Å². The molecule has 22 heavy (non-hydrogen) atoms. The number of fused-ring (bicyclic) bond motifs is 1. The van der Waals surface area contributed by atoms with Crippen LogP contribution in [-0.2, 0) is 11.2 Å². The standard InChI is InChI=1S/C18H19NO3/c1-13(15-5-3-2-4-6-15)19-18(20)12-14-7-8-16-17(11-14)22-10-9-21-16/h2-8,11,13H,9-10,12H2,1H3,(H,19,20). The van der Waals surface area contributed by atoms with Crippen LogP contribution >= 0.6 is 0 Å². The molecule has 1 N–H and O–H groups in total. The van der Waals surface area contributed by atoms with Crippen molar-refractivity contribution in [2.75, 3.05) is 13.2 Å². The number of ether oxygens (including phenoxy) is 2. The Morgan fingerprint density at radius 2 is 1.82 bits per heavy atom. The number of amides is 1. The van der Waals surface area contributed by atoms with Crippen LogP contribution in [0.1, 0.15) is 24.1 Å². The van der Waals surface area contributed by atoms with Gasteiger partial charge in [-0.1, -0.05) is 36.4 Å². The Balaban J connectivity index is 1.62. The number of hydrogen-bond acceptors (Lipinski definition) is 3. The van der Waals surface area contributed by atoms with Gasteiger partial charge in [0.25, 0.3) is 0 Å². The molecule has 3 rings (SSSR count). The maximum absolute atomic E-state index is 12.2. The Bertz CT molecular complexity index is 655. The third-order valence-electron chi connectivity index (χ3n) is 3.65. The van der Waals surface area contributed by atoms with Crippen molar-refractivity contribution in [3.05, 3.63) is 59.7 Å². The molecule has 0 spiro atoms. The molecule has 1 aliphatic heterocycles. The van der Waals surface area contributed by atoms with Gasteiger partial charge in [-0.3, -0.25) is 4.79 Å². The molecule has 0 saturated carbocycles. The number of rotatable bonds is 4. The van der Waals surface area contributed by atoms with Crippen LogP contribution in [-0.4, -0.2) is 19.1 Å². The van der Waals surface area contributed by atoms with Gasteiger partial charge in [0.2, 0.25) is 5.91 Å². The van der Waals surface area contributed by atoms with Crippen molar-refractivity contribution in [3.63, 3.8) is 0 Å². The second kappa shape index (κ2) is 6.52. The summed E-state index contributed by atoms with van der Waals surface area (Å²) in [6.07, 6.45) is 0.327. The first-order chi connectivity index (χ1) is 10.7. The molecule has 0 bridgehead atoms. The summed E-state index contributed by atoms with van der Waals surface area (Å²) < 4.78 is 11.0.